The van der Waals surface area contributed by atoms with Gasteiger partial charge in [-0.25, -0.2) is 0 Å². The van der Waals surface area contributed by atoms with Crippen LogP contribution >= 0.6 is 0 Å². The van der Waals surface area contributed by atoms with Crippen molar-refractivity contribution in [1.82, 2.24) is 15.3 Å². The van der Waals surface area contributed by atoms with Crippen molar-refractivity contribution in [2.24, 2.45) is 0 Å². The molecule has 3 heteroatoms. The summed E-state index contributed by atoms with van der Waals surface area (Å²) in [5.41, 5.74) is 4.68. The molecule has 2 aromatic rings. The Morgan fingerprint density at radius 1 is 1.14 bits per heavy atom. The molecule has 1 aromatic carbocycles. The SMILES string of the molecule is CCNC(c1ccc(C2CCC2)cc1)c1cnc(C)cn1. The van der Waals surface area contributed by atoms with E-state index >= 15 is 0 Å². The molecule has 3 rings (SSSR count). The Kier molecular flexibility index (Phi) is 4.30. The topological polar surface area (TPSA) is 37.8 Å². The Morgan fingerprint density at radius 2 is 1.90 bits per heavy atom. The van der Waals surface area contributed by atoms with Crippen LogP contribution in [0, 0.1) is 6.92 Å². The van der Waals surface area contributed by atoms with Gasteiger partial charge < -0.3 is 5.32 Å². The molecule has 1 saturated carbocycles. The molecule has 0 amide bonds. The highest BCUT2D eigenvalue weighted by atomic mass is 14.9. The van der Waals surface area contributed by atoms with E-state index in [-0.39, 0.29) is 6.04 Å². The number of benzene rings is 1. The quantitative estimate of drug-likeness (QED) is 0.907. The van der Waals surface area contributed by atoms with Gasteiger partial charge in [-0.1, -0.05) is 37.6 Å². The minimum Gasteiger partial charge on any atom is -0.305 e. The van der Waals surface area contributed by atoms with Crippen LogP contribution in [0.2, 0.25) is 0 Å². The number of rotatable bonds is 5. The fraction of sp³-hybridized carbons (Fsp3) is 0.444. The van der Waals surface area contributed by atoms with Crippen LogP contribution in [-0.4, -0.2) is 16.5 Å². The van der Waals surface area contributed by atoms with Crippen LogP contribution < -0.4 is 5.32 Å². The second-order valence-electron chi connectivity index (χ2n) is 5.87. The molecule has 3 nitrogen and oxygen atoms in total. The Bertz CT molecular complexity index is 570. The zero-order valence-corrected chi connectivity index (χ0v) is 12.8. The summed E-state index contributed by atoms with van der Waals surface area (Å²) in [4.78, 5) is 8.91. The molecular weight excluding hydrogens is 258 g/mol. The van der Waals surface area contributed by atoms with Gasteiger partial charge in [-0.2, -0.15) is 0 Å². The number of hydrogen-bond donors (Lipinski definition) is 1. The fourth-order valence-corrected chi connectivity index (χ4v) is 2.85. The molecule has 1 aromatic heterocycles. The van der Waals surface area contributed by atoms with E-state index in [1.807, 2.05) is 19.3 Å². The van der Waals surface area contributed by atoms with Crippen molar-refractivity contribution in [2.75, 3.05) is 6.54 Å². The van der Waals surface area contributed by atoms with E-state index in [2.05, 4.69) is 46.5 Å². The maximum atomic E-state index is 4.53. The van der Waals surface area contributed by atoms with E-state index < -0.39 is 0 Å². The van der Waals surface area contributed by atoms with E-state index in [0.29, 0.717) is 0 Å². The van der Waals surface area contributed by atoms with E-state index in [0.717, 1.165) is 23.9 Å². The van der Waals surface area contributed by atoms with Crippen LogP contribution in [0.3, 0.4) is 0 Å². The van der Waals surface area contributed by atoms with Gasteiger partial charge in [-0.15, -0.1) is 0 Å². The molecule has 0 radical (unpaired) electrons. The average Bonchev–Trinajstić information content (AvgIpc) is 2.45. The molecule has 1 aliphatic carbocycles. The van der Waals surface area contributed by atoms with Crippen LogP contribution in [0.15, 0.2) is 36.7 Å². The maximum absolute atomic E-state index is 4.53. The maximum Gasteiger partial charge on any atom is 0.0801 e. The molecule has 0 spiro atoms. The smallest absolute Gasteiger partial charge is 0.0801 e. The van der Waals surface area contributed by atoms with Crippen molar-refractivity contribution >= 4 is 0 Å². The van der Waals surface area contributed by atoms with Gasteiger partial charge in [0.15, 0.2) is 0 Å². The highest BCUT2D eigenvalue weighted by Gasteiger charge is 2.20. The van der Waals surface area contributed by atoms with E-state index in [9.17, 15) is 0 Å². The zero-order chi connectivity index (χ0) is 14.7. The molecular formula is C18H23N3. The summed E-state index contributed by atoms with van der Waals surface area (Å²) in [6.45, 7) is 4.99. The van der Waals surface area contributed by atoms with Crippen LogP contribution in [0.4, 0.5) is 0 Å². The lowest BCUT2D eigenvalue weighted by Gasteiger charge is -2.26. The molecule has 1 unspecified atom stereocenters. The predicted octanol–water partition coefficient (Wildman–Crippen LogP) is 3.75. The van der Waals surface area contributed by atoms with E-state index in [1.54, 1.807) is 0 Å². The van der Waals surface area contributed by atoms with Gasteiger partial charge in [0, 0.05) is 6.20 Å². The molecule has 0 saturated heterocycles. The Labute approximate surface area is 126 Å². The minimum absolute atomic E-state index is 0.124. The standard InChI is InChI=1S/C18H23N3/c1-3-19-18(17-12-20-13(2)11-21-17)16-9-7-15(8-10-16)14-5-4-6-14/h7-12,14,18-19H,3-6H2,1-2H3. The van der Waals surface area contributed by atoms with Gasteiger partial charge in [0.25, 0.3) is 0 Å². The van der Waals surface area contributed by atoms with Crippen molar-refractivity contribution in [3.05, 3.63) is 59.2 Å². The highest BCUT2D eigenvalue weighted by molar-refractivity contribution is 5.32. The Morgan fingerprint density at radius 3 is 2.43 bits per heavy atom. The lowest BCUT2D eigenvalue weighted by molar-refractivity contribution is 0.419. The van der Waals surface area contributed by atoms with Crippen molar-refractivity contribution < 1.29 is 0 Å². The van der Waals surface area contributed by atoms with Gasteiger partial charge in [-0.3, -0.25) is 9.97 Å². The number of nitrogens with one attached hydrogen (secondary N) is 1. The average molecular weight is 281 g/mol. The summed E-state index contributed by atoms with van der Waals surface area (Å²) in [6.07, 6.45) is 7.79. The largest absolute Gasteiger partial charge is 0.305 e. The molecule has 110 valence electrons. The molecule has 1 aliphatic rings. The molecule has 1 N–H and O–H groups in total. The monoisotopic (exact) mass is 281 g/mol. The second kappa shape index (κ2) is 6.35. The number of hydrogen-bond acceptors (Lipinski definition) is 3. The van der Waals surface area contributed by atoms with Crippen LogP contribution in [0.25, 0.3) is 0 Å². The van der Waals surface area contributed by atoms with Crippen molar-refractivity contribution in [2.45, 2.75) is 45.1 Å². The number of nitrogens with zero attached hydrogens (tertiary/aromatic N) is 2. The summed E-state index contributed by atoms with van der Waals surface area (Å²) < 4.78 is 0. The summed E-state index contributed by atoms with van der Waals surface area (Å²) in [5.74, 6) is 0.788. The first-order valence-corrected chi connectivity index (χ1v) is 7.89. The molecule has 1 fully saturated rings. The summed E-state index contributed by atoms with van der Waals surface area (Å²) >= 11 is 0. The number of aryl methyl sites for hydroxylation is 1. The predicted molar refractivity (Wildman–Crippen MR) is 85.3 cm³/mol. The van der Waals surface area contributed by atoms with Gasteiger partial charge >= 0.3 is 0 Å². The van der Waals surface area contributed by atoms with Crippen LogP contribution in [0.1, 0.15) is 60.7 Å². The van der Waals surface area contributed by atoms with Gasteiger partial charge in [0.2, 0.25) is 0 Å². The highest BCUT2D eigenvalue weighted by Crippen LogP contribution is 2.36. The summed E-state index contributed by atoms with van der Waals surface area (Å²) in [6, 6.07) is 9.17. The Hall–Kier alpha value is -1.74. The Balaban J connectivity index is 1.84. The molecule has 0 aliphatic heterocycles. The first-order valence-electron chi connectivity index (χ1n) is 7.89. The zero-order valence-electron chi connectivity index (χ0n) is 12.8. The molecule has 1 heterocycles. The third-order valence-electron chi connectivity index (χ3n) is 4.35. The molecule has 0 bridgehead atoms. The first kappa shape index (κ1) is 14.2. The van der Waals surface area contributed by atoms with Crippen LogP contribution in [-0.2, 0) is 0 Å². The van der Waals surface area contributed by atoms with Crippen molar-refractivity contribution in [3.63, 3.8) is 0 Å². The third kappa shape index (κ3) is 3.13. The lowest BCUT2D eigenvalue weighted by Crippen LogP contribution is -2.23. The van der Waals surface area contributed by atoms with Crippen molar-refractivity contribution in [3.8, 4) is 0 Å². The lowest BCUT2D eigenvalue weighted by atomic mass is 9.80. The van der Waals surface area contributed by atoms with Gasteiger partial charge in [0.1, 0.15) is 0 Å². The van der Waals surface area contributed by atoms with E-state index in [4.69, 9.17) is 0 Å². The van der Waals surface area contributed by atoms with Crippen molar-refractivity contribution in [1.29, 1.82) is 0 Å². The molecule has 1 atom stereocenters. The van der Waals surface area contributed by atoms with Gasteiger partial charge in [-0.05, 0) is 43.4 Å². The molecule has 21 heavy (non-hydrogen) atoms. The second-order valence-corrected chi connectivity index (χ2v) is 5.87. The normalized spacial score (nSPS) is 16.5. The first-order chi connectivity index (χ1) is 10.3. The fourth-order valence-electron chi connectivity index (χ4n) is 2.85. The summed E-state index contributed by atoms with van der Waals surface area (Å²) in [7, 11) is 0. The third-order valence-corrected chi connectivity index (χ3v) is 4.35. The summed E-state index contributed by atoms with van der Waals surface area (Å²) in [5, 5.41) is 3.51. The van der Waals surface area contributed by atoms with E-state index in [1.165, 1.54) is 30.4 Å². The van der Waals surface area contributed by atoms with Gasteiger partial charge in [0.05, 0.1) is 23.6 Å². The number of aromatic nitrogens is 2. The van der Waals surface area contributed by atoms with Crippen LogP contribution in [0.5, 0.6) is 0 Å². The minimum atomic E-state index is 0.124.